The molecule has 1 N–H and O–H groups in total. The SMILES string of the molecule is CCOc1ccc(NC(=O)CSc2nc3ccccc3n3c(-c4ccccc4)nnc23)cc1. The molecule has 0 atom stereocenters. The number of hydrogen-bond acceptors (Lipinski definition) is 6. The zero-order valence-corrected chi connectivity index (χ0v) is 18.7. The number of fused-ring (bicyclic) bond motifs is 3. The molecule has 5 aromatic rings. The summed E-state index contributed by atoms with van der Waals surface area (Å²) in [6.45, 7) is 2.53. The van der Waals surface area contributed by atoms with Crippen LogP contribution in [0.2, 0.25) is 0 Å². The summed E-state index contributed by atoms with van der Waals surface area (Å²) >= 11 is 1.34. The van der Waals surface area contributed by atoms with E-state index in [4.69, 9.17) is 9.72 Å². The van der Waals surface area contributed by atoms with Crippen LogP contribution in [0.15, 0.2) is 83.9 Å². The second kappa shape index (κ2) is 9.30. The monoisotopic (exact) mass is 455 g/mol. The highest BCUT2D eigenvalue weighted by atomic mass is 32.2. The molecule has 2 aromatic heterocycles. The Labute approximate surface area is 194 Å². The van der Waals surface area contributed by atoms with Crippen LogP contribution in [0.4, 0.5) is 5.69 Å². The van der Waals surface area contributed by atoms with Crippen molar-refractivity contribution in [3.63, 3.8) is 0 Å². The number of nitrogens with one attached hydrogen (secondary N) is 1. The number of nitrogens with zero attached hydrogens (tertiary/aromatic N) is 4. The first-order chi connectivity index (χ1) is 16.2. The van der Waals surface area contributed by atoms with Crippen LogP contribution in [0, 0.1) is 0 Å². The minimum Gasteiger partial charge on any atom is -0.494 e. The van der Waals surface area contributed by atoms with Crippen molar-refractivity contribution in [2.75, 3.05) is 17.7 Å². The Kier molecular flexibility index (Phi) is 5.91. The lowest BCUT2D eigenvalue weighted by Gasteiger charge is -2.09. The summed E-state index contributed by atoms with van der Waals surface area (Å²) in [5.41, 5.74) is 4.04. The Balaban J connectivity index is 1.42. The second-order valence-electron chi connectivity index (χ2n) is 7.25. The molecule has 0 bridgehead atoms. The normalized spacial score (nSPS) is 11.1. The van der Waals surface area contributed by atoms with Crippen LogP contribution in [0.3, 0.4) is 0 Å². The average Bonchev–Trinajstić information content (AvgIpc) is 3.30. The second-order valence-corrected chi connectivity index (χ2v) is 8.21. The fraction of sp³-hybridized carbons (Fsp3) is 0.120. The largest absolute Gasteiger partial charge is 0.494 e. The van der Waals surface area contributed by atoms with Crippen LogP contribution in [0.5, 0.6) is 5.75 Å². The first-order valence-electron chi connectivity index (χ1n) is 10.6. The summed E-state index contributed by atoms with van der Waals surface area (Å²) in [4.78, 5) is 17.4. The van der Waals surface area contributed by atoms with Crippen molar-refractivity contribution in [3.8, 4) is 17.1 Å². The molecule has 0 aliphatic rings. The van der Waals surface area contributed by atoms with Gasteiger partial charge in [0.2, 0.25) is 5.91 Å². The molecule has 0 spiro atoms. The topological polar surface area (TPSA) is 81.4 Å². The van der Waals surface area contributed by atoms with E-state index in [1.54, 1.807) is 0 Å². The van der Waals surface area contributed by atoms with Crippen molar-refractivity contribution in [1.82, 2.24) is 19.6 Å². The van der Waals surface area contributed by atoms with Gasteiger partial charge >= 0.3 is 0 Å². The van der Waals surface area contributed by atoms with Gasteiger partial charge in [0.15, 0.2) is 11.5 Å². The van der Waals surface area contributed by atoms with Crippen molar-refractivity contribution in [1.29, 1.82) is 0 Å². The lowest BCUT2D eigenvalue weighted by atomic mass is 10.2. The zero-order chi connectivity index (χ0) is 22.6. The highest BCUT2D eigenvalue weighted by Crippen LogP contribution is 2.29. The Morgan fingerprint density at radius 2 is 1.73 bits per heavy atom. The van der Waals surface area contributed by atoms with Crippen LogP contribution < -0.4 is 10.1 Å². The van der Waals surface area contributed by atoms with Gasteiger partial charge in [0.25, 0.3) is 0 Å². The molecule has 7 nitrogen and oxygen atoms in total. The summed E-state index contributed by atoms with van der Waals surface area (Å²) in [5.74, 6) is 1.58. The van der Waals surface area contributed by atoms with Gasteiger partial charge in [0, 0.05) is 11.3 Å². The van der Waals surface area contributed by atoms with Crippen LogP contribution in [-0.4, -0.2) is 37.8 Å². The molecule has 0 fully saturated rings. The van der Waals surface area contributed by atoms with Gasteiger partial charge < -0.3 is 10.1 Å². The minimum atomic E-state index is -0.125. The number of amides is 1. The molecule has 0 saturated carbocycles. The van der Waals surface area contributed by atoms with Crippen LogP contribution in [-0.2, 0) is 4.79 Å². The highest BCUT2D eigenvalue weighted by Gasteiger charge is 2.17. The third kappa shape index (κ3) is 4.38. The van der Waals surface area contributed by atoms with Gasteiger partial charge in [0.1, 0.15) is 10.8 Å². The van der Waals surface area contributed by atoms with Gasteiger partial charge in [-0.15, -0.1) is 10.2 Å². The van der Waals surface area contributed by atoms with Gasteiger partial charge in [-0.2, -0.15) is 0 Å². The lowest BCUT2D eigenvalue weighted by molar-refractivity contribution is -0.113. The molecule has 33 heavy (non-hydrogen) atoms. The molecule has 1 amide bonds. The molecule has 0 aliphatic heterocycles. The van der Waals surface area contributed by atoms with Crippen molar-refractivity contribution >= 4 is 40.0 Å². The Hall–Kier alpha value is -3.91. The summed E-state index contributed by atoms with van der Waals surface area (Å²) in [5, 5.41) is 12.4. The number of thioether (sulfide) groups is 1. The number of ether oxygens (including phenoxy) is 1. The van der Waals surface area contributed by atoms with Crippen molar-refractivity contribution in [2.45, 2.75) is 11.9 Å². The van der Waals surface area contributed by atoms with E-state index in [0.717, 1.165) is 33.9 Å². The van der Waals surface area contributed by atoms with E-state index in [0.29, 0.717) is 17.3 Å². The molecule has 2 heterocycles. The summed E-state index contributed by atoms with van der Waals surface area (Å²) in [6.07, 6.45) is 0. The molecular weight excluding hydrogens is 434 g/mol. The number of para-hydroxylation sites is 2. The van der Waals surface area contributed by atoms with Crippen LogP contribution in [0.25, 0.3) is 28.1 Å². The van der Waals surface area contributed by atoms with Crippen molar-refractivity contribution in [3.05, 3.63) is 78.9 Å². The first-order valence-corrected chi connectivity index (χ1v) is 11.6. The predicted molar refractivity (Wildman–Crippen MR) is 131 cm³/mol. The van der Waals surface area contributed by atoms with Crippen LogP contribution in [0.1, 0.15) is 6.92 Å². The maximum atomic E-state index is 12.6. The van der Waals surface area contributed by atoms with Gasteiger partial charge in [-0.3, -0.25) is 9.20 Å². The maximum Gasteiger partial charge on any atom is 0.234 e. The van der Waals surface area contributed by atoms with Gasteiger partial charge in [0.05, 0.1) is 23.4 Å². The van der Waals surface area contributed by atoms with E-state index in [1.807, 2.05) is 90.2 Å². The fourth-order valence-corrected chi connectivity index (χ4v) is 4.33. The van der Waals surface area contributed by atoms with Gasteiger partial charge in [-0.1, -0.05) is 54.2 Å². The molecule has 5 rings (SSSR count). The van der Waals surface area contributed by atoms with Crippen molar-refractivity contribution < 1.29 is 9.53 Å². The third-order valence-corrected chi connectivity index (χ3v) is 5.97. The number of rotatable bonds is 7. The van der Waals surface area contributed by atoms with Crippen LogP contribution >= 0.6 is 11.8 Å². The molecule has 164 valence electrons. The summed E-state index contributed by atoms with van der Waals surface area (Å²) in [6, 6.07) is 25.1. The Bertz CT molecular complexity index is 1420. The lowest BCUT2D eigenvalue weighted by Crippen LogP contribution is -2.14. The molecule has 0 aliphatic carbocycles. The van der Waals surface area contributed by atoms with E-state index in [9.17, 15) is 4.79 Å². The third-order valence-electron chi connectivity index (χ3n) is 5.02. The fourth-order valence-electron chi connectivity index (χ4n) is 3.56. The standard InChI is InChI=1S/C25H21N5O2S/c1-2-32-19-14-12-18(13-15-19)26-22(31)16-33-25-24-29-28-23(17-8-4-3-5-9-17)30(24)21-11-7-6-10-20(21)27-25/h3-15H,2,16H2,1H3,(H,26,31). The molecule has 0 radical (unpaired) electrons. The highest BCUT2D eigenvalue weighted by molar-refractivity contribution is 8.00. The van der Waals surface area contributed by atoms with E-state index in [1.165, 1.54) is 11.8 Å². The zero-order valence-electron chi connectivity index (χ0n) is 17.9. The Morgan fingerprint density at radius 3 is 2.52 bits per heavy atom. The first kappa shape index (κ1) is 21.0. The predicted octanol–water partition coefficient (Wildman–Crippen LogP) is 5.07. The quantitative estimate of drug-likeness (QED) is 0.345. The average molecular weight is 456 g/mol. The van der Waals surface area contributed by atoms with E-state index < -0.39 is 0 Å². The number of aromatic nitrogens is 4. The molecule has 8 heteroatoms. The summed E-state index contributed by atoms with van der Waals surface area (Å²) < 4.78 is 7.45. The number of hydrogen-bond donors (Lipinski definition) is 1. The van der Waals surface area contributed by atoms with Gasteiger partial charge in [-0.25, -0.2) is 4.98 Å². The van der Waals surface area contributed by atoms with E-state index in [-0.39, 0.29) is 11.7 Å². The minimum absolute atomic E-state index is 0.125. The Morgan fingerprint density at radius 1 is 0.970 bits per heavy atom. The number of benzene rings is 3. The molecule has 0 saturated heterocycles. The number of carbonyl (C=O) groups excluding carboxylic acids is 1. The molecular formula is C25H21N5O2S. The smallest absolute Gasteiger partial charge is 0.234 e. The van der Waals surface area contributed by atoms with E-state index >= 15 is 0 Å². The van der Waals surface area contributed by atoms with E-state index in [2.05, 4.69) is 15.5 Å². The molecule has 3 aromatic carbocycles. The molecule has 0 unspecified atom stereocenters. The maximum absolute atomic E-state index is 12.6. The number of anilines is 1. The van der Waals surface area contributed by atoms with Gasteiger partial charge in [-0.05, 0) is 43.3 Å². The summed E-state index contributed by atoms with van der Waals surface area (Å²) in [7, 11) is 0. The number of carbonyl (C=O) groups is 1. The van der Waals surface area contributed by atoms with Crippen molar-refractivity contribution in [2.24, 2.45) is 0 Å².